The van der Waals surface area contributed by atoms with Crippen molar-refractivity contribution in [3.63, 3.8) is 0 Å². The standard InChI is InChI=1S/C26H22N2O4/c1-2-20(28-25(31)21-13-7-8-14(11-13)22(21)26(28)32)24(30)27-15-9-10-17-16-5-3-4-6-18(16)23(29)19(17)12-15/h3-10,12-14,20-22H,2,11H2,1H3,(H,27,30). The van der Waals surface area contributed by atoms with E-state index in [0.29, 0.717) is 23.2 Å². The molecule has 1 saturated heterocycles. The summed E-state index contributed by atoms with van der Waals surface area (Å²) in [5.74, 6) is -1.35. The molecular weight excluding hydrogens is 404 g/mol. The molecule has 2 aromatic rings. The molecule has 6 rings (SSSR count). The van der Waals surface area contributed by atoms with Gasteiger partial charge < -0.3 is 5.32 Å². The van der Waals surface area contributed by atoms with E-state index in [9.17, 15) is 19.2 Å². The van der Waals surface area contributed by atoms with Gasteiger partial charge in [-0.3, -0.25) is 24.1 Å². The molecule has 2 aromatic carbocycles. The summed E-state index contributed by atoms with van der Waals surface area (Å²) in [4.78, 5) is 53.4. The lowest BCUT2D eigenvalue weighted by molar-refractivity contribution is -0.147. The summed E-state index contributed by atoms with van der Waals surface area (Å²) in [5, 5.41) is 2.84. The van der Waals surface area contributed by atoms with Gasteiger partial charge in [-0.1, -0.05) is 49.4 Å². The van der Waals surface area contributed by atoms with E-state index in [4.69, 9.17) is 0 Å². The number of carbonyl (C=O) groups excluding carboxylic acids is 4. The first-order valence-electron chi connectivity index (χ1n) is 11.1. The fourth-order valence-corrected chi connectivity index (χ4v) is 6.05. The van der Waals surface area contributed by atoms with Crippen LogP contribution in [0.15, 0.2) is 54.6 Å². The quantitative estimate of drug-likeness (QED) is 0.512. The van der Waals surface area contributed by atoms with Crippen LogP contribution in [0.2, 0.25) is 0 Å². The van der Waals surface area contributed by atoms with Crippen molar-refractivity contribution in [2.75, 3.05) is 5.32 Å². The van der Waals surface area contributed by atoms with Crippen molar-refractivity contribution in [1.82, 2.24) is 4.90 Å². The van der Waals surface area contributed by atoms with Crippen molar-refractivity contribution in [2.24, 2.45) is 23.7 Å². The number of fused-ring (bicyclic) bond motifs is 8. The topological polar surface area (TPSA) is 83.6 Å². The van der Waals surface area contributed by atoms with Crippen molar-refractivity contribution >= 4 is 29.2 Å². The van der Waals surface area contributed by atoms with E-state index in [1.54, 1.807) is 25.1 Å². The summed E-state index contributed by atoms with van der Waals surface area (Å²) in [7, 11) is 0. The van der Waals surface area contributed by atoms with Gasteiger partial charge in [0, 0.05) is 16.8 Å². The number of hydrogen-bond donors (Lipinski definition) is 1. The highest BCUT2D eigenvalue weighted by molar-refractivity contribution is 6.22. The second-order valence-corrected chi connectivity index (χ2v) is 9.09. The van der Waals surface area contributed by atoms with Crippen LogP contribution in [0, 0.1) is 23.7 Å². The summed E-state index contributed by atoms with van der Waals surface area (Å²) in [6.45, 7) is 1.80. The van der Waals surface area contributed by atoms with E-state index < -0.39 is 11.9 Å². The molecule has 5 unspecified atom stereocenters. The molecule has 1 saturated carbocycles. The Bertz CT molecular complexity index is 1220. The monoisotopic (exact) mass is 426 g/mol. The molecule has 160 valence electrons. The number of carbonyl (C=O) groups is 4. The number of allylic oxidation sites excluding steroid dienone is 2. The van der Waals surface area contributed by atoms with Crippen LogP contribution in [0.5, 0.6) is 0 Å². The minimum Gasteiger partial charge on any atom is -0.324 e. The Labute approximate surface area is 185 Å². The Hall–Kier alpha value is -3.54. The Morgan fingerprint density at radius 1 is 0.938 bits per heavy atom. The smallest absolute Gasteiger partial charge is 0.247 e. The van der Waals surface area contributed by atoms with Crippen molar-refractivity contribution in [3.8, 4) is 11.1 Å². The third-order valence-electron chi connectivity index (χ3n) is 7.50. The van der Waals surface area contributed by atoms with Crippen molar-refractivity contribution in [2.45, 2.75) is 25.8 Å². The molecule has 2 bridgehead atoms. The molecule has 6 heteroatoms. The molecular formula is C26H22N2O4. The number of rotatable bonds is 4. The van der Waals surface area contributed by atoms with E-state index >= 15 is 0 Å². The summed E-state index contributed by atoms with van der Waals surface area (Å²) >= 11 is 0. The van der Waals surface area contributed by atoms with Gasteiger partial charge in [-0.25, -0.2) is 0 Å². The molecule has 32 heavy (non-hydrogen) atoms. The van der Waals surface area contributed by atoms with Crippen molar-refractivity contribution < 1.29 is 19.2 Å². The van der Waals surface area contributed by atoms with Gasteiger partial charge in [0.2, 0.25) is 17.7 Å². The van der Waals surface area contributed by atoms with Gasteiger partial charge in [-0.2, -0.15) is 0 Å². The highest BCUT2D eigenvalue weighted by atomic mass is 16.2. The van der Waals surface area contributed by atoms with Crippen molar-refractivity contribution in [3.05, 3.63) is 65.7 Å². The van der Waals surface area contributed by atoms with Crippen molar-refractivity contribution in [1.29, 1.82) is 0 Å². The number of likely N-dealkylation sites (tertiary alicyclic amines) is 1. The summed E-state index contributed by atoms with van der Waals surface area (Å²) < 4.78 is 0. The summed E-state index contributed by atoms with van der Waals surface area (Å²) in [6, 6.07) is 11.8. The van der Waals surface area contributed by atoms with Crippen LogP contribution in [-0.4, -0.2) is 34.4 Å². The number of hydrogen-bond acceptors (Lipinski definition) is 4. The van der Waals surface area contributed by atoms with Gasteiger partial charge in [0.15, 0.2) is 5.78 Å². The second-order valence-electron chi connectivity index (χ2n) is 9.09. The Morgan fingerprint density at radius 2 is 1.56 bits per heavy atom. The summed E-state index contributed by atoms with van der Waals surface area (Å²) in [6.07, 6.45) is 5.28. The van der Waals surface area contributed by atoms with E-state index in [0.717, 1.165) is 17.5 Å². The van der Waals surface area contributed by atoms with E-state index in [2.05, 4.69) is 5.32 Å². The van der Waals surface area contributed by atoms with Gasteiger partial charge in [0.1, 0.15) is 6.04 Å². The highest BCUT2D eigenvalue weighted by Gasteiger charge is 2.60. The van der Waals surface area contributed by atoms with Crippen LogP contribution in [-0.2, 0) is 14.4 Å². The molecule has 2 fully saturated rings. The maximum absolute atomic E-state index is 13.2. The van der Waals surface area contributed by atoms with Gasteiger partial charge in [-0.05, 0) is 47.9 Å². The largest absolute Gasteiger partial charge is 0.324 e. The predicted octanol–water partition coefficient (Wildman–Crippen LogP) is 3.42. The van der Waals surface area contributed by atoms with Gasteiger partial charge >= 0.3 is 0 Å². The SMILES string of the molecule is CCC(C(=O)Nc1ccc2c(c1)C(=O)c1ccccc1-2)N1C(=O)C2C3C=CC(C3)C2C1=O. The maximum atomic E-state index is 13.2. The van der Waals surface area contributed by atoms with E-state index in [1.807, 2.05) is 36.4 Å². The second kappa shape index (κ2) is 6.73. The fourth-order valence-electron chi connectivity index (χ4n) is 6.05. The first kappa shape index (κ1) is 19.2. The maximum Gasteiger partial charge on any atom is 0.247 e. The zero-order valence-electron chi connectivity index (χ0n) is 17.6. The first-order chi connectivity index (χ1) is 15.5. The number of benzene rings is 2. The molecule has 6 nitrogen and oxygen atoms in total. The lowest BCUT2D eigenvalue weighted by atomic mass is 9.85. The van der Waals surface area contributed by atoms with Gasteiger partial charge in [0.25, 0.3) is 0 Å². The number of amides is 3. The molecule has 1 N–H and O–H groups in total. The van der Waals surface area contributed by atoms with E-state index in [-0.39, 0.29) is 41.3 Å². The average molecular weight is 426 g/mol. The van der Waals surface area contributed by atoms with Crippen LogP contribution >= 0.6 is 0 Å². The first-order valence-corrected chi connectivity index (χ1v) is 11.1. The zero-order valence-corrected chi connectivity index (χ0v) is 17.6. The lowest BCUT2D eigenvalue weighted by Gasteiger charge is -2.26. The molecule has 1 aliphatic heterocycles. The zero-order chi connectivity index (χ0) is 22.1. The van der Waals surface area contributed by atoms with Gasteiger partial charge in [-0.15, -0.1) is 0 Å². The Morgan fingerprint density at radius 3 is 2.22 bits per heavy atom. The summed E-state index contributed by atoms with van der Waals surface area (Å²) in [5.41, 5.74) is 3.41. The van der Waals surface area contributed by atoms with E-state index in [1.165, 1.54) is 4.90 Å². The minimum atomic E-state index is -0.860. The average Bonchev–Trinajstić information content (AvgIpc) is 3.54. The normalized spacial score (nSPS) is 27.5. The number of anilines is 1. The molecule has 3 aliphatic carbocycles. The van der Waals surface area contributed by atoms with Gasteiger partial charge in [0.05, 0.1) is 11.8 Å². The highest BCUT2D eigenvalue weighted by Crippen LogP contribution is 2.53. The number of nitrogens with zero attached hydrogens (tertiary/aromatic N) is 1. The van der Waals surface area contributed by atoms with Crippen LogP contribution in [0.4, 0.5) is 5.69 Å². The molecule has 5 atom stereocenters. The fraction of sp³-hybridized carbons (Fsp3) is 0.308. The molecule has 3 amide bonds. The predicted molar refractivity (Wildman–Crippen MR) is 118 cm³/mol. The van der Waals surface area contributed by atoms with Crippen LogP contribution in [0.1, 0.15) is 35.7 Å². The van der Waals surface area contributed by atoms with Crippen LogP contribution in [0.25, 0.3) is 11.1 Å². The lowest BCUT2D eigenvalue weighted by Crippen LogP contribution is -2.48. The molecule has 0 radical (unpaired) electrons. The number of imide groups is 1. The molecule has 0 aromatic heterocycles. The third-order valence-corrected chi connectivity index (χ3v) is 7.50. The molecule has 4 aliphatic rings. The Balaban J connectivity index is 1.25. The minimum absolute atomic E-state index is 0.0700. The third kappa shape index (κ3) is 2.46. The van der Waals surface area contributed by atoms with Crippen LogP contribution < -0.4 is 5.32 Å². The molecule has 1 heterocycles. The number of nitrogens with one attached hydrogen (secondary N) is 1. The van der Waals surface area contributed by atoms with Crippen LogP contribution in [0.3, 0.4) is 0 Å². The number of ketones is 1. The molecule has 0 spiro atoms. The Kier molecular flexibility index (Phi) is 4.03.